The van der Waals surface area contributed by atoms with Gasteiger partial charge in [0, 0.05) is 19.3 Å². The maximum absolute atomic E-state index is 11.9. The fourth-order valence-corrected chi connectivity index (χ4v) is 2.08. The number of aliphatic imine (C=N–C) groups is 1. The van der Waals surface area contributed by atoms with Crippen LogP contribution in [-0.4, -0.2) is 25.2 Å². The molecule has 0 spiro atoms. The van der Waals surface area contributed by atoms with Crippen LogP contribution < -0.4 is 5.32 Å². The lowest BCUT2D eigenvalue weighted by Gasteiger charge is -2.22. The van der Waals surface area contributed by atoms with Crippen LogP contribution in [-0.2, 0) is 4.79 Å². The van der Waals surface area contributed by atoms with Crippen LogP contribution >= 0.6 is 0 Å². The summed E-state index contributed by atoms with van der Waals surface area (Å²) in [5, 5.41) is 3.09. The van der Waals surface area contributed by atoms with E-state index in [2.05, 4.69) is 10.3 Å². The summed E-state index contributed by atoms with van der Waals surface area (Å²) in [6.07, 6.45) is 10.4. The fourth-order valence-electron chi connectivity index (χ4n) is 2.08. The van der Waals surface area contributed by atoms with Gasteiger partial charge in [0.05, 0.1) is 5.57 Å². The monoisotopic (exact) mass is 222 g/mol. The zero-order chi connectivity index (χ0) is 11.8. The number of nitrogens with one attached hydrogen (secondary N) is 1. The quantitative estimate of drug-likeness (QED) is 0.576. The average Bonchev–Trinajstić information content (AvgIpc) is 2.30. The predicted molar refractivity (Wildman–Crippen MR) is 67.8 cm³/mol. The van der Waals surface area contributed by atoms with E-state index in [4.69, 9.17) is 0 Å². The highest BCUT2D eigenvalue weighted by molar-refractivity contribution is 6.12. The summed E-state index contributed by atoms with van der Waals surface area (Å²) in [6, 6.07) is 0.367. The third kappa shape index (κ3) is 4.17. The van der Waals surface area contributed by atoms with Crippen molar-refractivity contribution < 1.29 is 4.79 Å². The van der Waals surface area contributed by atoms with E-state index < -0.39 is 0 Å². The van der Waals surface area contributed by atoms with Crippen LogP contribution in [0.25, 0.3) is 0 Å². The molecule has 0 heterocycles. The molecule has 0 unspecified atom stereocenters. The number of rotatable bonds is 4. The Morgan fingerprint density at radius 1 is 1.38 bits per heavy atom. The van der Waals surface area contributed by atoms with E-state index in [1.165, 1.54) is 19.3 Å². The molecule has 1 amide bonds. The second kappa shape index (κ2) is 7.20. The molecule has 1 saturated carbocycles. The molecule has 1 N–H and O–H groups in total. The molecule has 0 aliphatic heterocycles. The first-order chi connectivity index (χ1) is 7.77. The molecule has 0 aromatic heterocycles. The normalized spacial score (nSPS) is 19.0. The summed E-state index contributed by atoms with van der Waals surface area (Å²) in [7, 11) is 1.69. The highest BCUT2D eigenvalue weighted by atomic mass is 16.1. The third-order valence-electron chi connectivity index (χ3n) is 2.89. The maximum atomic E-state index is 11.9. The number of carbonyl (C=O) groups excluding carboxylic acids is 1. The molecule has 3 nitrogen and oxygen atoms in total. The Balaban J connectivity index is 2.51. The van der Waals surface area contributed by atoms with Gasteiger partial charge in [0.2, 0.25) is 0 Å². The van der Waals surface area contributed by atoms with E-state index in [1.807, 2.05) is 13.0 Å². The summed E-state index contributed by atoms with van der Waals surface area (Å²) in [6.45, 7) is 2.03. The third-order valence-corrected chi connectivity index (χ3v) is 2.89. The van der Waals surface area contributed by atoms with Gasteiger partial charge in [0.1, 0.15) is 0 Å². The van der Waals surface area contributed by atoms with Gasteiger partial charge in [-0.2, -0.15) is 0 Å². The van der Waals surface area contributed by atoms with Crippen molar-refractivity contribution in [1.29, 1.82) is 0 Å². The van der Waals surface area contributed by atoms with E-state index in [1.54, 1.807) is 13.3 Å². The lowest BCUT2D eigenvalue weighted by molar-refractivity contribution is -0.117. The fraction of sp³-hybridized carbons (Fsp3) is 0.692. The number of hydrogen-bond donors (Lipinski definition) is 1. The van der Waals surface area contributed by atoms with E-state index in [0.717, 1.165) is 19.3 Å². The van der Waals surface area contributed by atoms with Crippen molar-refractivity contribution in [3.05, 3.63) is 11.6 Å². The van der Waals surface area contributed by atoms with Crippen molar-refractivity contribution in [1.82, 2.24) is 5.32 Å². The smallest absolute Gasteiger partial charge is 0.252 e. The van der Waals surface area contributed by atoms with Gasteiger partial charge in [-0.1, -0.05) is 32.3 Å². The van der Waals surface area contributed by atoms with E-state index in [-0.39, 0.29) is 5.91 Å². The molecule has 0 bridgehead atoms. The Kier molecular flexibility index (Phi) is 5.83. The molecular formula is C13H22N2O. The molecule has 0 radical (unpaired) electrons. The Hall–Kier alpha value is -1.12. The number of amides is 1. The number of nitrogens with zero attached hydrogens (tertiary/aromatic N) is 1. The standard InChI is InChI=1S/C13H22N2O/c1-3-7-11(10-14-2)13(16)15-12-8-5-4-6-9-12/h7,10,12H,3-6,8-9H2,1-2H3,(H,15,16)/b11-7+,14-10?. The molecule has 0 aromatic carbocycles. The van der Waals surface area contributed by atoms with Crippen LogP contribution in [0, 0.1) is 0 Å². The molecule has 90 valence electrons. The Morgan fingerprint density at radius 2 is 2.06 bits per heavy atom. The minimum atomic E-state index is 0.0272. The second-order valence-corrected chi connectivity index (χ2v) is 4.26. The molecule has 1 aliphatic carbocycles. The van der Waals surface area contributed by atoms with Gasteiger partial charge in [0.15, 0.2) is 0 Å². The van der Waals surface area contributed by atoms with Gasteiger partial charge < -0.3 is 5.32 Å². The lowest BCUT2D eigenvalue weighted by atomic mass is 9.95. The molecule has 1 rings (SSSR count). The van der Waals surface area contributed by atoms with Gasteiger partial charge in [-0.15, -0.1) is 0 Å². The first-order valence-corrected chi connectivity index (χ1v) is 6.21. The zero-order valence-electron chi connectivity index (χ0n) is 10.3. The summed E-state index contributed by atoms with van der Waals surface area (Å²) in [5.41, 5.74) is 0.690. The van der Waals surface area contributed by atoms with Gasteiger partial charge in [-0.25, -0.2) is 0 Å². The van der Waals surface area contributed by atoms with Crippen molar-refractivity contribution >= 4 is 12.1 Å². The number of allylic oxidation sites excluding steroid dienone is 1. The molecule has 16 heavy (non-hydrogen) atoms. The SMILES string of the molecule is CC/C=C(\C=NC)C(=O)NC1CCCCC1. The molecule has 3 heteroatoms. The van der Waals surface area contributed by atoms with Crippen LogP contribution in [0.5, 0.6) is 0 Å². The number of carbonyl (C=O) groups is 1. The Bertz CT molecular complexity index is 276. The van der Waals surface area contributed by atoms with Crippen LogP contribution in [0.4, 0.5) is 0 Å². The van der Waals surface area contributed by atoms with Crippen LogP contribution in [0.15, 0.2) is 16.6 Å². The first kappa shape index (κ1) is 12.9. The van der Waals surface area contributed by atoms with Crippen molar-refractivity contribution in [2.75, 3.05) is 7.05 Å². The molecule has 0 saturated heterocycles. The van der Waals surface area contributed by atoms with Crippen LogP contribution in [0.1, 0.15) is 45.4 Å². The largest absolute Gasteiger partial charge is 0.349 e. The van der Waals surface area contributed by atoms with Crippen molar-refractivity contribution in [3.8, 4) is 0 Å². The van der Waals surface area contributed by atoms with E-state index >= 15 is 0 Å². The highest BCUT2D eigenvalue weighted by Crippen LogP contribution is 2.17. The summed E-state index contributed by atoms with van der Waals surface area (Å²) in [5.74, 6) is 0.0272. The maximum Gasteiger partial charge on any atom is 0.252 e. The van der Waals surface area contributed by atoms with Crippen LogP contribution in [0.2, 0.25) is 0 Å². The van der Waals surface area contributed by atoms with E-state index in [0.29, 0.717) is 11.6 Å². The van der Waals surface area contributed by atoms with Crippen LogP contribution in [0.3, 0.4) is 0 Å². The molecule has 1 fully saturated rings. The predicted octanol–water partition coefficient (Wildman–Crippen LogP) is 2.47. The average molecular weight is 222 g/mol. The van der Waals surface area contributed by atoms with Gasteiger partial charge in [-0.05, 0) is 19.3 Å². The summed E-state index contributed by atoms with van der Waals surface area (Å²) >= 11 is 0. The Morgan fingerprint density at radius 3 is 2.62 bits per heavy atom. The van der Waals surface area contributed by atoms with Crippen molar-refractivity contribution in [3.63, 3.8) is 0 Å². The van der Waals surface area contributed by atoms with Gasteiger partial charge in [0.25, 0.3) is 5.91 Å². The molecular weight excluding hydrogens is 200 g/mol. The minimum absolute atomic E-state index is 0.0272. The Labute approximate surface area is 98.0 Å². The summed E-state index contributed by atoms with van der Waals surface area (Å²) in [4.78, 5) is 15.8. The molecule has 0 atom stereocenters. The van der Waals surface area contributed by atoms with Crippen molar-refractivity contribution in [2.45, 2.75) is 51.5 Å². The second-order valence-electron chi connectivity index (χ2n) is 4.26. The first-order valence-electron chi connectivity index (χ1n) is 6.21. The van der Waals surface area contributed by atoms with Crippen molar-refractivity contribution in [2.24, 2.45) is 4.99 Å². The zero-order valence-corrected chi connectivity index (χ0v) is 10.3. The number of hydrogen-bond acceptors (Lipinski definition) is 2. The highest BCUT2D eigenvalue weighted by Gasteiger charge is 2.16. The van der Waals surface area contributed by atoms with Gasteiger partial charge >= 0.3 is 0 Å². The minimum Gasteiger partial charge on any atom is -0.349 e. The lowest BCUT2D eigenvalue weighted by Crippen LogP contribution is -2.37. The summed E-state index contributed by atoms with van der Waals surface area (Å²) < 4.78 is 0. The van der Waals surface area contributed by atoms with E-state index in [9.17, 15) is 4.79 Å². The van der Waals surface area contributed by atoms with Gasteiger partial charge in [-0.3, -0.25) is 9.79 Å². The molecule has 0 aromatic rings. The topological polar surface area (TPSA) is 41.5 Å². The molecule has 1 aliphatic rings.